The SMILES string of the molecule is CNCC1CCN(C(=O)c2cc(-c3ccc(C)cc3)no2)CC1. The lowest BCUT2D eigenvalue weighted by Crippen LogP contribution is -2.40. The molecule has 122 valence electrons. The van der Waals surface area contributed by atoms with Crippen LogP contribution in [0, 0.1) is 12.8 Å². The fourth-order valence-electron chi connectivity index (χ4n) is 3.02. The number of piperidine rings is 1. The van der Waals surface area contributed by atoms with E-state index in [1.54, 1.807) is 6.07 Å². The standard InChI is InChI=1S/C18H23N3O2/c1-13-3-5-15(6-4-13)16-11-17(23-20-16)18(22)21-9-7-14(8-10-21)12-19-2/h3-6,11,14,19H,7-10,12H2,1-2H3. The molecule has 1 fully saturated rings. The molecular weight excluding hydrogens is 290 g/mol. The highest BCUT2D eigenvalue weighted by Crippen LogP contribution is 2.22. The summed E-state index contributed by atoms with van der Waals surface area (Å²) >= 11 is 0. The molecule has 2 heterocycles. The highest BCUT2D eigenvalue weighted by Gasteiger charge is 2.25. The molecule has 5 heteroatoms. The van der Waals surface area contributed by atoms with Gasteiger partial charge in [0.1, 0.15) is 5.69 Å². The number of nitrogens with one attached hydrogen (secondary N) is 1. The van der Waals surface area contributed by atoms with Crippen LogP contribution >= 0.6 is 0 Å². The summed E-state index contributed by atoms with van der Waals surface area (Å²) in [6.07, 6.45) is 2.07. The Morgan fingerprint density at radius 2 is 2.00 bits per heavy atom. The van der Waals surface area contributed by atoms with Crippen LogP contribution in [0.5, 0.6) is 0 Å². The first-order valence-electron chi connectivity index (χ1n) is 8.15. The molecule has 1 N–H and O–H groups in total. The van der Waals surface area contributed by atoms with Gasteiger partial charge in [-0.3, -0.25) is 4.79 Å². The Bertz CT molecular complexity index is 655. The van der Waals surface area contributed by atoms with Gasteiger partial charge < -0.3 is 14.7 Å². The summed E-state index contributed by atoms with van der Waals surface area (Å²) in [6.45, 7) is 4.62. The van der Waals surface area contributed by atoms with Gasteiger partial charge in [-0.15, -0.1) is 0 Å². The van der Waals surface area contributed by atoms with E-state index in [9.17, 15) is 4.79 Å². The average molecular weight is 313 g/mol. The van der Waals surface area contributed by atoms with Crippen molar-refractivity contribution < 1.29 is 9.32 Å². The maximum absolute atomic E-state index is 12.5. The Hall–Kier alpha value is -2.14. The van der Waals surface area contributed by atoms with Gasteiger partial charge in [0, 0.05) is 24.7 Å². The van der Waals surface area contributed by atoms with Crippen molar-refractivity contribution in [2.24, 2.45) is 5.92 Å². The van der Waals surface area contributed by atoms with Crippen LogP contribution in [0.3, 0.4) is 0 Å². The van der Waals surface area contributed by atoms with Crippen molar-refractivity contribution >= 4 is 5.91 Å². The molecule has 0 aliphatic carbocycles. The predicted octanol–water partition coefficient (Wildman–Crippen LogP) is 2.72. The monoisotopic (exact) mass is 313 g/mol. The first-order chi connectivity index (χ1) is 11.2. The summed E-state index contributed by atoms with van der Waals surface area (Å²) in [5.74, 6) is 0.924. The van der Waals surface area contributed by atoms with Gasteiger partial charge in [-0.05, 0) is 39.3 Å². The number of aromatic nitrogens is 1. The lowest BCUT2D eigenvalue weighted by molar-refractivity contribution is 0.0649. The molecule has 1 aromatic carbocycles. The van der Waals surface area contributed by atoms with Crippen LogP contribution in [0.25, 0.3) is 11.3 Å². The molecule has 1 aliphatic heterocycles. The summed E-state index contributed by atoms with van der Waals surface area (Å²) in [6, 6.07) is 9.78. The van der Waals surface area contributed by atoms with Crippen LogP contribution in [-0.4, -0.2) is 42.6 Å². The fraction of sp³-hybridized carbons (Fsp3) is 0.444. The maximum Gasteiger partial charge on any atom is 0.292 e. The van der Waals surface area contributed by atoms with Crippen molar-refractivity contribution in [2.75, 3.05) is 26.7 Å². The van der Waals surface area contributed by atoms with Crippen molar-refractivity contribution in [1.29, 1.82) is 0 Å². The molecule has 1 aromatic heterocycles. The third-order valence-corrected chi connectivity index (χ3v) is 4.46. The van der Waals surface area contributed by atoms with E-state index in [-0.39, 0.29) is 5.91 Å². The number of amides is 1. The minimum atomic E-state index is -0.0567. The first-order valence-corrected chi connectivity index (χ1v) is 8.15. The van der Waals surface area contributed by atoms with E-state index >= 15 is 0 Å². The van der Waals surface area contributed by atoms with Gasteiger partial charge in [0.25, 0.3) is 5.91 Å². The van der Waals surface area contributed by atoms with Gasteiger partial charge in [-0.2, -0.15) is 0 Å². The molecule has 0 atom stereocenters. The zero-order valence-electron chi connectivity index (χ0n) is 13.7. The van der Waals surface area contributed by atoms with Gasteiger partial charge >= 0.3 is 0 Å². The molecule has 1 saturated heterocycles. The number of hydrogen-bond acceptors (Lipinski definition) is 4. The summed E-state index contributed by atoms with van der Waals surface area (Å²) in [5.41, 5.74) is 2.86. The van der Waals surface area contributed by atoms with E-state index in [1.165, 1.54) is 5.56 Å². The molecule has 3 rings (SSSR count). The molecule has 2 aromatic rings. The number of benzene rings is 1. The zero-order chi connectivity index (χ0) is 16.2. The molecule has 1 aliphatic rings. The number of hydrogen-bond donors (Lipinski definition) is 1. The molecule has 0 saturated carbocycles. The van der Waals surface area contributed by atoms with Gasteiger partial charge in [0.15, 0.2) is 0 Å². The second-order valence-corrected chi connectivity index (χ2v) is 6.24. The number of nitrogens with zero attached hydrogens (tertiary/aromatic N) is 2. The predicted molar refractivity (Wildman–Crippen MR) is 89.2 cm³/mol. The normalized spacial score (nSPS) is 15.8. The smallest absolute Gasteiger partial charge is 0.292 e. The van der Waals surface area contributed by atoms with Crippen molar-refractivity contribution in [3.63, 3.8) is 0 Å². The number of carbonyl (C=O) groups is 1. The quantitative estimate of drug-likeness (QED) is 0.943. The topological polar surface area (TPSA) is 58.4 Å². The van der Waals surface area contributed by atoms with E-state index < -0.39 is 0 Å². The largest absolute Gasteiger partial charge is 0.350 e. The van der Waals surface area contributed by atoms with Crippen LogP contribution in [0.1, 0.15) is 29.0 Å². The second-order valence-electron chi connectivity index (χ2n) is 6.24. The molecular formula is C18H23N3O2. The lowest BCUT2D eigenvalue weighted by Gasteiger charge is -2.31. The molecule has 1 amide bonds. The third kappa shape index (κ3) is 3.62. The van der Waals surface area contributed by atoms with Crippen LogP contribution in [0.15, 0.2) is 34.9 Å². The van der Waals surface area contributed by atoms with Crippen molar-refractivity contribution in [2.45, 2.75) is 19.8 Å². The fourth-order valence-corrected chi connectivity index (χ4v) is 3.02. The van der Waals surface area contributed by atoms with Gasteiger partial charge in [-0.25, -0.2) is 0 Å². The minimum absolute atomic E-state index is 0.0567. The van der Waals surface area contributed by atoms with Gasteiger partial charge in [0.2, 0.25) is 5.76 Å². The Balaban J connectivity index is 1.66. The number of rotatable bonds is 4. The van der Waals surface area contributed by atoms with Crippen LogP contribution in [0.2, 0.25) is 0 Å². The Labute approximate surface area is 136 Å². The summed E-state index contributed by atoms with van der Waals surface area (Å²) < 4.78 is 5.29. The highest BCUT2D eigenvalue weighted by atomic mass is 16.5. The van der Waals surface area contributed by atoms with E-state index in [1.807, 2.05) is 43.1 Å². The third-order valence-electron chi connectivity index (χ3n) is 4.46. The number of carbonyl (C=O) groups excluding carboxylic acids is 1. The highest BCUT2D eigenvalue weighted by molar-refractivity contribution is 5.92. The summed E-state index contributed by atoms with van der Waals surface area (Å²) in [7, 11) is 1.97. The second kappa shape index (κ2) is 6.96. The van der Waals surface area contributed by atoms with Gasteiger partial charge in [-0.1, -0.05) is 35.0 Å². The zero-order valence-corrected chi connectivity index (χ0v) is 13.7. The van der Waals surface area contributed by atoms with E-state index in [0.29, 0.717) is 17.4 Å². The van der Waals surface area contributed by atoms with Crippen LogP contribution in [-0.2, 0) is 0 Å². The van der Waals surface area contributed by atoms with Crippen molar-refractivity contribution in [1.82, 2.24) is 15.4 Å². The number of aryl methyl sites for hydroxylation is 1. The number of likely N-dealkylation sites (tertiary alicyclic amines) is 1. The van der Waals surface area contributed by atoms with E-state index in [4.69, 9.17) is 4.52 Å². The molecule has 0 unspecified atom stereocenters. The first kappa shape index (κ1) is 15.7. The summed E-state index contributed by atoms with van der Waals surface area (Å²) in [4.78, 5) is 14.4. The molecule has 0 radical (unpaired) electrons. The van der Waals surface area contributed by atoms with Crippen LogP contribution < -0.4 is 5.32 Å². The molecule has 23 heavy (non-hydrogen) atoms. The average Bonchev–Trinajstić information content (AvgIpc) is 3.06. The van der Waals surface area contributed by atoms with Crippen molar-refractivity contribution in [3.05, 3.63) is 41.7 Å². The Kier molecular flexibility index (Phi) is 4.76. The summed E-state index contributed by atoms with van der Waals surface area (Å²) in [5, 5.41) is 7.25. The Morgan fingerprint density at radius 3 is 2.65 bits per heavy atom. The molecule has 0 spiro atoms. The van der Waals surface area contributed by atoms with Crippen molar-refractivity contribution in [3.8, 4) is 11.3 Å². The van der Waals surface area contributed by atoms with E-state index in [0.717, 1.165) is 38.0 Å². The minimum Gasteiger partial charge on any atom is -0.350 e. The lowest BCUT2D eigenvalue weighted by atomic mass is 9.96. The molecule has 0 bridgehead atoms. The molecule has 5 nitrogen and oxygen atoms in total. The van der Waals surface area contributed by atoms with Gasteiger partial charge in [0.05, 0.1) is 0 Å². The van der Waals surface area contributed by atoms with E-state index in [2.05, 4.69) is 10.5 Å². The maximum atomic E-state index is 12.5. The Morgan fingerprint density at radius 1 is 1.30 bits per heavy atom. The van der Waals surface area contributed by atoms with Crippen LogP contribution in [0.4, 0.5) is 0 Å².